The molecule has 0 spiro atoms. The normalized spacial score (nSPS) is 12.4. The zero-order valence-electron chi connectivity index (χ0n) is 9.39. The van der Waals surface area contributed by atoms with Gasteiger partial charge in [-0.2, -0.15) is 0 Å². The first-order chi connectivity index (χ1) is 8.20. The topological polar surface area (TPSA) is 29.5 Å². The highest BCUT2D eigenvalue weighted by Crippen LogP contribution is 2.31. The number of rotatable bonds is 4. The van der Waals surface area contributed by atoms with Crippen LogP contribution in [0.25, 0.3) is 0 Å². The molecule has 1 heterocycles. The number of aliphatic hydroxyl groups is 1. The van der Waals surface area contributed by atoms with Crippen molar-refractivity contribution in [1.29, 1.82) is 0 Å². The van der Waals surface area contributed by atoms with Crippen LogP contribution >= 0.6 is 27.3 Å². The van der Waals surface area contributed by atoms with Gasteiger partial charge in [0.2, 0.25) is 0 Å². The first-order valence-electron chi connectivity index (χ1n) is 5.36. The van der Waals surface area contributed by atoms with E-state index in [4.69, 9.17) is 4.74 Å². The molecule has 1 aromatic heterocycles. The predicted octanol–water partition coefficient (Wildman–Crippen LogP) is 3.99. The van der Waals surface area contributed by atoms with Crippen LogP contribution in [0.4, 0.5) is 0 Å². The molecule has 0 radical (unpaired) electrons. The Hall–Kier alpha value is -0.840. The molecule has 90 valence electrons. The smallest absolute Gasteiger partial charge is 0.119 e. The Morgan fingerprint density at radius 3 is 2.47 bits per heavy atom. The van der Waals surface area contributed by atoms with E-state index in [1.807, 2.05) is 43.3 Å². The summed E-state index contributed by atoms with van der Waals surface area (Å²) in [5, 5.41) is 10.2. The van der Waals surface area contributed by atoms with Crippen molar-refractivity contribution in [2.45, 2.75) is 13.0 Å². The van der Waals surface area contributed by atoms with E-state index in [9.17, 15) is 5.11 Å². The number of hydrogen-bond donors (Lipinski definition) is 1. The van der Waals surface area contributed by atoms with E-state index in [2.05, 4.69) is 15.9 Å². The van der Waals surface area contributed by atoms with Crippen molar-refractivity contribution in [2.24, 2.45) is 0 Å². The van der Waals surface area contributed by atoms with Gasteiger partial charge < -0.3 is 9.84 Å². The summed E-state index contributed by atoms with van der Waals surface area (Å²) in [6.45, 7) is 2.60. The molecule has 2 nitrogen and oxygen atoms in total. The van der Waals surface area contributed by atoms with Gasteiger partial charge in [0, 0.05) is 4.88 Å². The average Bonchev–Trinajstić information content (AvgIpc) is 2.76. The molecule has 0 saturated heterocycles. The summed E-state index contributed by atoms with van der Waals surface area (Å²) in [4.78, 5) is 0.932. The highest BCUT2D eigenvalue weighted by Gasteiger charge is 2.12. The molecule has 0 fully saturated rings. The Bertz CT molecular complexity index is 478. The van der Waals surface area contributed by atoms with Gasteiger partial charge >= 0.3 is 0 Å². The van der Waals surface area contributed by atoms with Crippen LogP contribution in [0.2, 0.25) is 0 Å². The van der Waals surface area contributed by atoms with Gasteiger partial charge in [0.15, 0.2) is 0 Å². The molecule has 2 aromatic rings. The molecule has 1 unspecified atom stereocenters. The lowest BCUT2D eigenvalue weighted by atomic mass is 10.1. The van der Waals surface area contributed by atoms with Crippen LogP contribution in [0.5, 0.6) is 5.75 Å². The van der Waals surface area contributed by atoms with Crippen LogP contribution < -0.4 is 4.74 Å². The first-order valence-corrected chi connectivity index (χ1v) is 6.97. The van der Waals surface area contributed by atoms with Gasteiger partial charge in [0.05, 0.1) is 10.4 Å². The average molecular weight is 313 g/mol. The Morgan fingerprint density at radius 1 is 1.24 bits per heavy atom. The fourth-order valence-electron chi connectivity index (χ4n) is 1.55. The third kappa shape index (κ3) is 3.09. The van der Waals surface area contributed by atoms with Gasteiger partial charge in [-0.25, -0.2) is 0 Å². The van der Waals surface area contributed by atoms with Gasteiger partial charge in [0.25, 0.3) is 0 Å². The maximum absolute atomic E-state index is 10.2. The van der Waals surface area contributed by atoms with Crippen LogP contribution in [0.15, 0.2) is 40.2 Å². The Morgan fingerprint density at radius 2 is 1.94 bits per heavy atom. The summed E-state index contributed by atoms with van der Waals surface area (Å²) < 4.78 is 6.39. The second kappa shape index (κ2) is 5.67. The van der Waals surface area contributed by atoms with Gasteiger partial charge in [-0.15, -0.1) is 11.3 Å². The van der Waals surface area contributed by atoms with Crippen molar-refractivity contribution < 1.29 is 9.84 Å². The standard InChI is InChI=1S/C13H13BrO2S/c1-2-16-10-5-3-9(4-6-10)13(15)11-7-8-12(14)17-11/h3-8,13,15H,2H2,1H3. The molecule has 0 saturated carbocycles. The van der Waals surface area contributed by atoms with Crippen LogP contribution in [-0.2, 0) is 0 Å². The molecule has 1 atom stereocenters. The quantitative estimate of drug-likeness (QED) is 0.925. The number of hydrogen-bond acceptors (Lipinski definition) is 3. The van der Waals surface area contributed by atoms with Crippen molar-refractivity contribution in [3.8, 4) is 5.75 Å². The highest BCUT2D eigenvalue weighted by atomic mass is 79.9. The van der Waals surface area contributed by atoms with E-state index in [-0.39, 0.29) is 0 Å². The van der Waals surface area contributed by atoms with Crippen molar-refractivity contribution in [3.05, 3.63) is 50.6 Å². The van der Waals surface area contributed by atoms with E-state index >= 15 is 0 Å². The predicted molar refractivity (Wildman–Crippen MR) is 73.7 cm³/mol. The molecule has 4 heteroatoms. The zero-order chi connectivity index (χ0) is 12.3. The van der Waals surface area contributed by atoms with Crippen LogP contribution in [0, 0.1) is 0 Å². The third-order valence-corrected chi connectivity index (χ3v) is 4.05. The minimum atomic E-state index is -0.568. The van der Waals surface area contributed by atoms with Gasteiger partial charge in [-0.05, 0) is 52.7 Å². The van der Waals surface area contributed by atoms with Crippen molar-refractivity contribution in [3.63, 3.8) is 0 Å². The summed E-state index contributed by atoms with van der Waals surface area (Å²) in [5.41, 5.74) is 0.878. The molecular formula is C13H13BrO2S. The number of halogens is 1. The second-order valence-electron chi connectivity index (χ2n) is 3.55. The van der Waals surface area contributed by atoms with Crippen LogP contribution in [0.3, 0.4) is 0 Å². The first kappa shape index (κ1) is 12.6. The zero-order valence-corrected chi connectivity index (χ0v) is 11.8. The van der Waals surface area contributed by atoms with Crippen molar-refractivity contribution in [1.82, 2.24) is 0 Å². The maximum Gasteiger partial charge on any atom is 0.119 e. The molecular weight excluding hydrogens is 300 g/mol. The van der Waals surface area contributed by atoms with Gasteiger partial charge in [0.1, 0.15) is 11.9 Å². The third-order valence-electron chi connectivity index (χ3n) is 2.37. The monoisotopic (exact) mass is 312 g/mol. The fraction of sp³-hybridized carbons (Fsp3) is 0.231. The number of aliphatic hydroxyl groups excluding tert-OH is 1. The largest absolute Gasteiger partial charge is 0.494 e. The van der Waals surface area contributed by atoms with Gasteiger partial charge in [-0.1, -0.05) is 12.1 Å². The Labute approximate surface area is 113 Å². The minimum Gasteiger partial charge on any atom is -0.494 e. The number of thiophene rings is 1. The fourth-order valence-corrected chi connectivity index (χ4v) is 2.99. The number of benzene rings is 1. The lowest BCUT2D eigenvalue weighted by Crippen LogP contribution is -1.97. The molecule has 1 N–H and O–H groups in total. The van der Waals surface area contributed by atoms with E-state index < -0.39 is 6.10 Å². The maximum atomic E-state index is 10.2. The SMILES string of the molecule is CCOc1ccc(C(O)c2ccc(Br)s2)cc1. The molecule has 0 aliphatic heterocycles. The summed E-state index contributed by atoms with van der Waals surface area (Å²) >= 11 is 4.93. The lowest BCUT2D eigenvalue weighted by molar-refractivity contribution is 0.224. The molecule has 17 heavy (non-hydrogen) atoms. The van der Waals surface area contributed by atoms with E-state index in [0.717, 1.165) is 20.0 Å². The van der Waals surface area contributed by atoms with E-state index in [1.165, 1.54) is 0 Å². The summed E-state index contributed by atoms with van der Waals surface area (Å²) in [6, 6.07) is 11.4. The summed E-state index contributed by atoms with van der Waals surface area (Å²) in [6.07, 6.45) is -0.568. The Kier molecular flexibility index (Phi) is 4.20. The molecule has 2 rings (SSSR count). The molecule has 0 aliphatic carbocycles. The molecule has 0 bridgehead atoms. The molecule has 0 amide bonds. The lowest BCUT2D eigenvalue weighted by Gasteiger charge is -2.10. The van der Waals surface area contributed by atoms with E-state index in [0.29, 0.717) is 6.61 Å². The number of ether oxygens (including phenoxy) is 1. The summed E-state index contributed by atoms with van der Waals surface area (Å²) in [7, 11) is 0. The minimum absolute atomic E-state index is 0.568. The van der Waals surface area contributed by atoms with Gasteiger partial charge in [-0.3, -0.25) is 0 Å². The Balaban J connectivity index is 2.16. The second-order valence-corrected chi connectivity index (χ2v) is 6.04. The highest BCUT2D eigenvalue weighted by molar-refractivity contribution is 9.11. The van der Waals surface area contributed by atoms with Crippen molar-refractivity contribution in [2.75, 3.05) is 6.61 Å². The summed E-state index contributed by atoms with van der Waals surface area (Å²) in [5.74, 6) is 0.829. The van der Waals surface area contributed by atoms with Crippen molar-refractivity contribution >= 4 is 27.3 Å². The molecule has 1 aromatic carbocycles. The van der Waals surface area contributed by atoms with Crippen LogP contribution in [0.1, 0.15) is 23.5 Å². The van der Waals surface area contributed by atoms with E-state index in [1.54, 1.807) is 11.3 Å². The van der Waals surface area contributed by atoms with Crippen LogP contribution in [-0.4, -0.2) is 11.7 Å². The molecule has 0 aliphatic rings.